The minimum atomic E-state index is -0.240. The number of carbonyl (C=O) groups is 1. The van der Waals surface area contributed by atoms with Crippen LogP contribution >= 0.6 is 27.3 Å². The molecule has 0 aliphatic heterocycles. The number of rotatable bonds is 6. The first kappa shape index (κ1) is 27.1. The molecule has 4 aliphatic carbocycles. The zero-order chi connectivity index (χ0) is 25.8. The van der Waals surface area contributed by atoms with E-state index in [2.05, 4.69) is 61.1 Å². The van der Waals surface area contributed by atoms with Gasteiger partial charge in [0.1, 0.15) is 0 Å². The molecule has 0 unspecified atom stereocenters. The molecule has 1 heterocycles. The number of hydrogen-bond acceptors (Lipinski definition) is 4. The number of thiophene rings is 1. The topological polar surface area (TPSA) is 69.6 Å². The summed E-state index contributed by atoms with van der Waals surface area (Å²) in [5.41, 5.74) is 0.474. The van der Waals surface area contributed by atoms with Crippen LogP contribution in [0.15, 0.2) is 15.9 Å². The van der Waals surface area contributed by atoms with Crippen LogP contribution < -0.4 is 5.32 Å². The van der Waals surface area contributed by atoms with Crippen molar-refractivity contribution in [1.82, 2.24) is 5.32 Å². The number of amides is 1. The Hall–Kier alpha value is -0.430. The molecule has 4 fully saturated rings. The summed E-state index contributed by atoms with van der Waals surface area (Å²) in [6.45, 7) is 9.40. The SMILES string of the molecule is CC[C@@H](NC(=O)C[C@@H](C)[C@H]1CC[C@H]2[C@@H]3[C@H](O)C[C@@H]4C[C@@H](O)CC[C@]4(C)[C@H]3CC[C@]12C)c1ccc(Br)s1. The molecule has 36 heavy (non-hydrogen) atoms. The molecule has 1 aromatic rings. The zero-order valence-corrected chi connectivity index (χ0v) is 24.9. The van der Waals surface area contributed by atoms with Gasteiger partial charge in [-0.05, 0) is 132 Å². The summed E-state index contributed by atoms with van der Waals surface area (Å²) < 4.78 is 1.11. The minimum absolute atomic E-state index is 0.0865. The maximum Gasteiger partial charge on any atom is 0.220 e. The standard InChI is InChI=1S/C30H46BrNO3S/c1-5-23(25-8-9-26(31)36-25)32-27(35)14-17(2)20-6-7-21-28-22(11-13-30(20,21)4)29(3)12-10-19(33)15-18(29)16-24(28)34/h8-9,17-24,28,33-34H,5-7,10-16H2,1-4H3,(H,32,35)/t17-,18+,19+,20-,21+,22+,23-,24-,28+,29+,30-/m1/s1. The van der Waals surface area contributed by atoms with Crippen molar-refractivity contribution in [3.05, 3.63) is 20.8 Å². The van der Waals surface area contributed by atoms with Crippen molar-refractivity contribution in [1.29, 1.82) is 0 Å². The third-order valence-corrected chi connectivity index (χ3v) is 13.3. The van der Waals surface area contributed by atoms with E-state index < -0.39 is 0 Å². The van der Waals surface area contributed by atoms with Gasteiger partial charge in [-0.1, -0.05) is 27.7 Å². The minimum Gasteiger partial charge on any atom is -0.393 e. The first-order chi connectivity index (χ1) is 17.1. The van der Waals surface area contributed by atoms with Crippen molar-refractivity contribution in [2.45, 2.75) is 110 Å². The Bertz CT molecular complexity index is 952. The molecular formula is C30H46BrNO3S. The molecule has 0 spiro atoms. The van der Waals surface area contributed by atoms with Crippen LogP contribution in [0.3, 0.4) is 0 Å². The Morgan fingerprint density at radius 1 is 1.11 bits per heavy atom. The lowest BCUT2D eigenvalue weighted by atomic mass is 9.43. The summed E-state index contributed by atoms with van der Waals surface area (Å²) in [7, 11) is 0. The maximum absolute atomic E-state index is 13.2. The fourth-order valence-electron chi connectivity index (χ4n) is 9.75. The summed E-state index contributed by atoms with van der Waals surface area (Å²) in [5.74, 6) is 3.02. The normalized spacial score (nSPS) is 43.7. The van der Waals surface area contributed by atoms with E-state index in [1.54, 1.807) is 11.3 Å². The van der Waals surface area contributed by atoms with Crippen LogP contribution in [0.5, 0.6) is 0 Å². The Balaban J connectivity index is 1.27. The van der Waals surface area contributed by atoms with Gasteiger partial charge < -0.3 is 15.5 Å². The Kier molecular flexibility index (Phi) is 7.75. The van der Waals surface area contributed by atoms with Crippen LogP contribution in [0, 0.1) is 46.3 Å². The second kappa shape index (κ2) is 10.3. The summed E-state index contributed by atoms with van der Waals surface area (Å²) in [6, 6.07) is 4.26. The van der Waals surface area contributed by atoms with Crippen molar-refractivity contribution < 1.29 is 15.0 Å². The molecule has 0 saturated heterocycles. The Labute approximate surface area is 230 Å². The van der Waals surface area contributed by atoms with Crippen molar-refractivity contribution in [2.24, 2.45) is 46.3 Å². The van der Waals surface area contributed by atoms with E-state index in [1.807, 2.05) is 0 Å². The molecule has 5 rings (SSSR count). The van der Waals surface area contributed by atoms with E-state index in [0.29, 0.717) is 41.9 Å². The third kappa shape index (κ3) is 4.64. The van der Waals surface area contributed by atoms with Crippen molar-refractivity contribution in [3.63, 3.8) is 0 Å². The van der Waals surface area contributed by atoms with Crippen molar-refractivity contribution >= 4 is 33.2 Å². The van der Waals surface area contributed by atoms with Crippen LogP contribution in [0.25, 0.3) is 0 Å². The van der Waals surface area contributed by atoms with E-state index in [9.17, 15) is 15.0 Å². The average molecular weight is 581 g/mol. The molecule has 202 valence electrons. The maximum atomic E-state index is 13.2. The van der Waals surface area contributed by atoms with Gasteiger partial charge in [-0.3, -0.25) is 4.79 Å². The summed E-state index contributed by atoms with van der Waals surface area (Å²) >= 11 is 5.25. The highest BCUT2D eigenvalue weighted by atomic mass is 79.9. The number of carbonyl (C=O) groups excluding carboxylic acids is 1. The predicted molar refractivity (Wildman–Crippen MR) is 150 cm³/mol. The second-order valence-electron chi connectivity index (χ2n) is 13.3. The van der Waals surface area contributed by atoms with Gasteiger partial charge in [0.2, 0.25) is 5.91 Å². The lowest BCUT2D eigenvalue weighted by Gasteiger charge is -2.62. The van der Waals surface area contributed by atoms with Gasteiger partial charge in [-0.25, -0.2) is 0 Å². The van der Waals surface area contributed by atoms with Crippen LogP contribution in [0.2, 0.25) is 0 Å². The molecule has 3 N–H and O–H groups in total. The Morgan fingerprint density at radius 3 is 2.53 bits per heavy atom. The van der Waals surface area contributed by atoms with E-state index in [0.717, 1.165) is 35.9 Å². The van der Waals surface area contributed by atoms with Crippen LogP contribution in [0.1, 0.15) is 103 Å². The van der Waals surface area contributed by atoms with Gasteiger partial charge in [0.05, 0.1) is 22.0 Å². The molecular weight excluding hydrogens is 534 g/mol. The fourth-order valence-corrected chi connectivity index (χ4v) is 11.3. The molecule has 11 atom stereocenters. The number of nitrogens with one attached hydrogen (secondary N) is 1. The number of hydrogen-bond donors (Lipinski definition) is 3. The quantitative estimate of drug-likeness (QED) is 0.336. The largest absolute Gasteiger partial charge is 0.393 e. The number of aliphatic hydroxyl groups is 2. The molecule has 0 radical (unpaired) electrons. The highest BCUT2D eigenvalue weighted by Gasteiger charge is 2.62. The highest BCUT2D eigenvalue weighted by molar-refractivity contribution is 9.11. The van der Waals surface area contributed by atoms with E-state index in [4.69, 9.17) is 0 Å². The van der Waals surface area contributed by atoms with E-state index in [-0.39, 0.29) is 35.0 Å². The number of halogens is 1. The van der Waals surface area contributed by atoms with Crippen molar-refractivity contribution in [2.75, 3.05) is 0 Å². The highest BCUT2D eigenvalue weighted by Crippen LogP contribution is 2.68. The van der Waals surface area contributed by atoms with E-state index >= 15 is 0 Å². The van der Waals surface area contributed by atoms with Crippen LogP contribution in [-0.4, -0.2) is 28.3 Å². The van der Waals surface area contributed by atoms with Crippen molar-refractivity contribution in [3.8, 4) is 0 Å². The zero-order valence-electron chi connectivity index (χ0n) is 22.5. The first-order valence-corrected chi connectivity index (χ1v) is 16.1. The molecule has 4 nitrogen and oxygen atoms in total. The molecule has 1 amide bonds. The third-order valence-electron chi connectivity index (χ3n) is 11.6. The predicted octanol–water partition coefficient (Wildman–Crippen LogP) is 7.09. The van der Waals surface area contributed by atoms with Gasteiger partial charge in [0, 0.05) is 11.3 Å². The van der Waals surface area contributed by atoms with E-state index in [1.165, 1.54) is 30.6 Å². The molecule has 4 aliphatic rings. The fraction of sp³-hybridized carbons (Fsp3) is 0.833. The summed E-state index contributed by atoms with van der Waals surface area (Å²) in [4.78, 5) is 14.4. The molecule has 1 aromatic heterocycles. The number of aliphatic hydroxyl groups excluding tert-OH is 2. The monoisotopic (exact) mass is 579 g/mol. The smallest absolute Gasteiger partial charge is 0.220 e. The lowest BCUT2D eigenvalue weighted by molar-refractivity contribution is -0.174. The molecule has 0 aromatic carbocycles. The Morgan fingerprint density at radius 2 is 1.83 bits per heavy atom. The molecule has 4 saturated carbocycles. The molecule has 0 bridgehead atoms. The summed E-state index contributed by atoms with van der Waals surface area (Å²) in [6.07, 6.45) is 9.60. The van der Waals surface area contributed by atoms with Crippen LogP contribution in [-0.2, 0) is 4.79 Å². The second-order valence-corrected chi connectivity index (χ2v) is 15.8. The molecule has 6 heteroatoms. The van der Waals surface area contributed by atoms with Gasteiger partial charge in [0.25, 0.3) is 0 Å². The number of fused-ring (bicyclic) bond motifs is 5. The summed E-state index contributed by atoms with van der Waals surface area (Å²) in [5, 5.41) is 25.1. The van der Waals surface area contributed by atoms with Gasteiger partial charge in [0.15, 0.2) is 0 Å². The van der Waals surface area contributed by atoms with Gasteiger partial charge >= 0.3 is 0 Å². The van der Waals surface area contributed by atoms with Gasteiger partial charge in [-0.2, -0.15) is 0 Å². The average Bonchev–Trinajstić information content (AvgIpc) is 3.41. The van der Waals surface area contributed by atoms with Crippen LogP contribution in [0.4, 0.5) is 0 Å². The van der Waals surface area contributed by atoms with Gasteiger partial charge in [-0.15, -0.1) is 11.3 Å². The first-order valence-electron chi connectivity index (χ1n) is 14.5. The lowest BCUT2D eigenvalue weighted by Crippen LogP contribution is -2.58.